The maximum absolute atomic E-state index is 13.1. The van der Waals surface area contributed by atoms with E-state index < -0.39 is 11.9 Å². The number of fused-ring (bicyclic) bond motifs is 1. The number of amidine groups is 1. The summed E-state index contributed by atoms with van der Waals surface area (Å²) in [5.41, 5.74) is 8.00. The first-order chi connectivity index (χ1) is 15.9. The zero-order valence-corrected chi connectivity index (χ0v) is 19.0. The van der Waals surface area contributed by atoms with E-state index in [-0.39, 0.29) is 12.5 Å². The number of aromatic nitrogens is 1. The number of likely N-dealkylation sites (N-methyl/N-ethyl adjacent to an activating group) is 1. The summed E-state index contributed by atoms with van der Waals surface area (Å²) in [6, 6.07) is 14.4. The molecule has 0 saturated carbocycles. The lowest BCUT2D eigenvalue weighted by Crippen LogP contribution is -2.28. The van der Waals surface area contributed by atoms with E-state index >= 15 is 0 Å². The Labute approximate surface area is 194 Å². The Morgan fingerprint density at radius 1 is 1.18 bits per heavy atom. The monoisotopic (exact) mass is 462 g/mol. The molecule has 2 amide bonds. The quantitative estimate of drug-likeness (QED) is 0.445. The number of ether oxygens (including phenoxy) is 1. The SMILES string of the molecule is CCN1C(=O)C(=Cc2cn(CC(N)=O)c3ccccc23)SC1=Nc1cccc(C(=O)OC)c1. The summed E-state index contributed by atoms with van der Waals surface area (Å²) < 4.78 is 6.54. The van der Waals surface area contributed by atoms with Gasteiger partial charge in [0.05, 0.1) is 23.3 Å². The average molecular weight is 463 g/mol. The molecule has 33 heavy (non-hydrogen) atoms. The Morgan fingerprint density at radius 3 is 2.70 bits per heavy atom. The van der Waals surface area contributed by atoms with Crippen molar-refractivity contribution < 1.29 is 19.1 Å². The number of aliphatic imine (C=N–C) groups is 1. The molecule has 168 valence electrons. The summed E-state index contributed by atoms with van der Waals surface area (Å²) in [6.45, 7) is 2.37. The molecule has 9 heteroatoms. The second-order valence-electron chi connectivity index (χ2n) is 7.29. The highest BCUT2D eigenvalue weighted by Gasteiger charge is 2.32. The molecule has 1 fully saturated rings. The molecule has 2 N–H and O–H groups in total. The van der Waals surface area contributed by atoms with Gasteiger partial charge in [-0.1, -0.05) is 24.3 Å². The minimum Gasteiger partial charge on any atom is -0.465 e. The van der Waals surface area contributed by atoms with E-state index in [0.29, 0.717) is 27.9 Å². The van der Waals surface area contributed by atoms with E-state index in [1.165, 1.54) is 18.9 Å². The lowest BCUT2D eigenvalue weighted by molar-refractivity contribution is -0.122. The molecular weight excluding hydrogens is 440 g/mol. The highest BCUT2D eigenvalue weighted by molar-refractivity contribution is 8.18. The molecule has 4 rings (SSSR count). The van der Waals surface area contributed by atoms with Crippen molar-refractivity contribution in [2.45, 2.75) is 13.5 Å². The van der Waals surface area contributed by atoms with Crippen LogP contribution in [-0.4, -0.2) is 46.1 Å². The topological polar surface area (TPSA) is 107 Å². The van der Waals surface area contributed by atoms with E-state index in [1.54, 1.807) is 33.7 Å². The summed E-state index contributed by atoms with van der Waals surface area (Å²) >= 11 is 1.26. The molecule has 1 aromatic heterocycles. The number of para-hydroxylation sites is 1. The second kappa shape index (κ2) is 9.33. The minimum absolute atomic E-state index is 0.0507. The minimum atomic E-state index is -0.451. The van der Waals surface area contributed by atoms with Crippen molar-refractivity contribution in [1.29, 1.82) is 0 Å². The molecule has 3 aromatic rings. The van der Waals surface area contributed by atoms with Gasteiger partial charge in [0.15, 0.2) is 5.17 Å². The van der Waals surface area contributed by atoms with E-state index in [4.69, 9.17) is 10.5 Å². The van der Waals surface area contributed by atoms with Crippen molar-refractivity contribution in [3.63, 3.8) is 0 Å². The molecule has 1 aliphatic rings. The summed E-state index contributed by atoms with van der Waals surface area (Å²) in [7, 11) is 1.32. The molecule has 8 nitrogen and oxygen atoms in total. The van der Waals surface area contributed by atoms with Crippen molar-refractivity contribution in [1.82, 2.24) is 9.47 Å². The Bertz CT molecular complexity index is 1330. The molecule has 0 spiro atoms. The summed E-state index contributed by atoms with van der Waals surface area (Å²) in [6.07, 6.45) is 3.63. The zero-order valence-electron chi connectivity index (χ0n) is 18.1. The number of thioether (sulfide) groups is 1. The lowest BCUT2D eigenvalue weighted by atomic mass is 10.1. The fourth-order valence-corrected chi connectivity index (χ4v) is 4.68. The molecule has 2 heterocycles. The Morgan fingerprint density at radius 2 is 1.97 bits per heavy atom. The van der Waals surface area contributed by atoms with Gasteiger partial charge in [-0.15, -0.1) is 0 Å². The van der Waals surface area contributed by atoms with Crippen LogP contribution in [0.25, 0.3) is 17.0 Å². The Kier molecular flexibility index (Phi) is 6.32. The first-order valence-electron chi connectivity index (χ1n) is 10.3. The van der Waals surface area contributed by atoms with Gasteiger partial charge < -0.3 is 15.0 Å². The molecule has 0 unspecified atom stereocenters. The molecule has 1 aliphatic heterocycles. The van der Waals surface area contributed by atoms with Crippen LogP contribution in [0.2, 0.25) is 0 Å². The number of rotatable bonds is 6. The van der Waals surface area contributed by atoms with Crippen LogP contribution in [0.5, 0.6) is 0 Å². The van der Waals surface area contributed by atoms with E-state index in [9.17, 15) is 14.4 Å². The first-order valence-corrected chi connectivity index (χ1v) is 11.1. The smallest absolute Gasteiger partial charge is 0.337 e. The van der Waals surface area contributed by atoms with Gasteiger partial charge in [0.2, 0.25) is 5.91 Å². The number of carbonyl (C=O) groups is 3. The predicted molar refractivity (Wildman–Crippen MR) is 129 cm³/mol. The zero-order chi connectivity index (χ0) is 23.5. The third-order valence-electron chi connectivity index (χ3n) is 5.13. The van der Waals surface area contributed by atoms with Crippen molar-refractivity contribution in [2.75, 3.05) is 13.7 Å². The van der Waals surface area contributed by atoms with E-state index in [1.807, 2.05) is 43.5 Å². The average Bonchev–Trinajstić information content (AvgIpc) is 3.30. The fourth-order valence-electron chi connectivity index (χ4n) is 3.63. The van der Waals surface area contributed by atoms with Gasteiger partial charge in [-0.2, -0.15) is 0 Å². The number of amides is 2. The number of nitrogens with two attached hydrogens (primary N) is 1. The van der Waals surface area contributed by atoms with Gasteiger partial charge in [0, 0.05) is 29.2 Å². The van der Waals surface area contributed by atoms with Crippen LogP contribution in [0.3, 0.4) is 0 Å². The van der Waals surface area contributed by atoms with E-state index in [2.05, 4.69) is 4.99 Å². The molecule has 0 bridgehead atoms. The molecular formula is C24H22N4O4S. The predicted octanol–water partition coefficient (Wildman–Crippen LogP) is 3.54. The third kappa shape index (κ3) is 4.54. The van der Waals surface area contributed by atoms with Crippen molar-refractivity contribution >= 4 is 57.4 Å². The number of primary amides is 1. The Hall–Kier alpha value is -3.85. The number of hydrogen-bond donors (Lipinski definition) is 1. The summed E-state index contributed by atoms with van der Waals surface area (Å²) in [5.74, 6) is -1.05. The van der Waals surface area contributed by atoms with Gasteiger partial charge >= 0.3 is 5.97 Å². The fraction of sp³-hybridized carbons (Fsp3) is 0.167. The van der Waals surface area contributed by atoms with Crippen molar-refractivity contribution in [3.05, 3.63) is 70.8 Å². The number of nitrogens with zero attached hydrogens (tertiary/aromatic N) is 3. The van der Waals surface area contributed by atoms with Crippen LogP contribution >= 0.6 is 11.8 Å². The molecule has 0 aliphatic carbocycles. The second-order valence-corrected chi connectivity index (χ2v) is 8.30. The van der Waals surface area contributed by atoms with Crippen LogP contribution in [0, 0.1) is 0 Å². The first kappa shape index (κ1) is 22.3. The van der Waals surface area contributed by atoms with Crippen LogP contribution in [0.15, 0.2) is 64.6 Å². The van der Waals surface area contributed by atoms with Gasteiger partial charge in [-0.05, 0) is 49.0 Å². The van der Waals surface area contributed by atoms with Crippen LogP contribution in [-0.2, 0) is 20.9 Å². The van der Waals surface area contributed by atoms with Gasteiger partial charge in [0.1, 0.15) is 6.54 Å². The maximum atomic E-state index is 13.1. The van der Waals surface area contributed by atoms with E-state index in [0.717, 1.165) is 16.5 Å². The summed E-state index contributed by atoms with van der Waals surface area (Å²) in [4.78, 5) is 43.1. The Balaban J connectivity index is 1.71. The number of hydrogen-bond acceptors (Lipinski definition) is 6. The molecule has 2 aromatic carbocycles. The standard InChI is InChI=1S/C24H22N4O4S/c1-3-28-22(30)20(33-24(28)26-17-8-6-7-15(11-17)23(31)32-2)12-16-13-27(14-21(25)29)19-10-5-4-9-18(16)19/h4-13H,3,14H2,1-2H3,(H2,25,29). The van der Waals surface area contributed by atoms with Gasteiger partial charge in [-0.3, -0.25) is 14.5 Å². The molecule has 1 saturated heterocycles. The number of esters is 1. The molecule has 0 atom stereocenters. The molecule has 0 radical (unpaired) electrons. The van der Waals surface area contributed by atoms with Gasteiger partial charge in [0.25, 0.3) is 5.91 Å². The highest BCUT2D eigenvalue weighted by Crippen LogP contribution is 2.35. The highest BCUT2D eigenvalue weighted by atomic mass is 32.2. The largest absolute Gasteiger partial charge is 0.465 e. The number of methoxy groups -OCH3 is 1. The number of carbonyl (C=O) groups excluding carboxylic acids is 3. The number of benzene rings is 2. The lowest BCUT2D eigenvalue weighted by Gasteiger charge is -2.12. The maximum Gasteiger partial charge on any atom is 0.337 e. The summed E-state index contributed by atoms with van der Waals surface area (Å²) in [5, 5.41) is 1.44. The third-order valence-corrected chi connectivity index (χ3v) is 6.14. The normalized spacial score (nSPS) is 16.2. The van der Waals surface area contributed by atoms with Crippen LogP contribution < -0.4 is 5.73 Å². The van der Waals surface area contributed by atoms with Crippen LogP contribution in [0.4, 0.5) is 5.69 Å². The van der Waals surface area contributed by atoms with Crippen LogP contribution in [0.1, 0.15) is 22.8 Å². The van der Waals surface area contributed by atoms with Crippen molar-refractivity contribution in [3.8, 4) is 0 Å². The van der Waals surface area contributed by atoms with Gasteiger partial charge in [-0.25, -0.2) is 9.79 Å². The van der Waals surface area contributed by atoms with Crippen molar-refractivity contribution in [2.24, 2.45) is 10.7 Å².